The normalized spacial score (nSPS) is 9.76. The lowest BCUT2D eigenvalue weighted by atomic mass is 10.2. The SMILES string of the molecule is Br.COc1cccc(Nc2nc(-c3ccccc3)cs2)c1. The number of benzene rings is 2. The topological polar surface area (TPSA) is 34.1 Å². The van der Waals surface area contributed by atoms with Crippen molar-refractivity contribution in [2.45, 2.75) is 0 Å². The van der Waals surface area contributed by atoms with Gasteiger partial charge in [0.05, 0.1) is 12.8 Å². The highest BCUT2D eigenvalue weighted by molar-refractivity contribution is 8.93. The molecule has 5 heteroatoms. The molecule has 3 nitrogen and oxygen atoms in total. The Morgan fingerprint density at radius 2 is 1.86 bits per heavy atom. The molecule has 108 valence electrons. The second-order valence-electron chi connectivity index (χ2n) is 4.26. The van der Waals surface area contributed by atoms with Crippen LogP contribution in [0.3, 0.4) is 0 Å². The number of hydrogen-bond acceptors (Lipinski definition) is 4. The molecule has 0 fully saturated rings. The monoisotopic (exact) mass is 362 g/mol. The standard InChI is InChI=1S/C16H14N2OS.BrH/c1-19-14-9-5-8-13(10-14)17-16-18-15(11-20-16)12-6-3-2-4-7-12;/h2-11H,1H3,(H,17,18);1H. The molecule has 0 bridgehead atoms. The maximum Gasteiger partial charge on any atom is 0.187 e. The largest absolute Gasteiger partial charge is 0.497 e. The number of ether oxygens (including phenoxy) is 1. The lowest BCUT2D eigenvalue weighted by Gasteiger charge is -2.04. The van der Waals surface area contributed by atoms with Crippen LogP contribution in [-0.2, 0) is 0 Å². The molecule has 1 heterocycles. The second kappa shape index (κ2) is 7.24. The summed E-state index contributed by atoms with van der Waals surface area (Å²) >= 11 is 1.59. The quantitative estimate of drug-likeness (QED) is 0.697. The zero-order chi connectivity index (χ0) is 13.8. The number of rotatable bonds is 4. The number of halogens is 1. The van der Waals surface area contributed by atoms with Gasteiger partial charge >= 0.3 is 0 Å². The third-order valence-corrected chi connectivity index (χ3v) is 3.65. The molecule has 0 radical (unpaired) electrons. The Bertz CT molecular complexity index is 700. The summed E-state index contributed by atoms with van der Waals surface area (Å²) in [6, 6.07) is 18.0. The smallest absolute Gasteiger partial charge is 0.187 e. The van der Waals surface area contributed by atoms with Crippen molar-refractivity contribution in [3.8, 4) is 17.0 Å². The van der Waals surface area contributed by atoms with Crippen molar-refractivity contribution in [3.63, 3.8) is 0 Å². The number of anilines is 2. The van der Waals surface area contributed by atoms with E-state index < -0.39 is 0 Å². The molecule has 0 aliphatic rings. The summed E-state index contributed by atoms with van der Waals surface area (Å²) in [6.45, 7) is 0. The van der Waals surface area contributed by atoms with Gasteiger partial charge in [-0.3, -0.25) is 0 Å². The van der Waals surface area contributed by atoms with Gasteiger partial charge in [-0.1, -0.05) is 36.4 Å². The van der Waals surface area contributed by atoms with E-state index in [4.69, 9.17) is 4.74 Å². The molecule has 3 rings (SSSR count). The van der Waals surface area contributed by atoms with Gasteiger partial charge in [0.1, 0.15) is 5.75 Å². The van der Waals surface area contributed by atoms with E-state index in [1.807, 2.05) is 42.5 Å². The number of hydrogen-bond donors (Lipinski definition) is 1. The molecule has 0 amide bonds. The maximum absolute atomic E-state index is 5.21. The molecule has 3 aromatic rings. The zero-order valence-corrected chi connectivity index (χ0v) is 14.0. The highest BCUT2D eigenvalue weighted by atomic mass is 79.9. The van der Waals surface area contributed by atoms with Gasteiger partial charge in [-0.15, -0.1) is 28.3 Å². The fraction of sp³-hybridized carbons (Fsp3) is 0.0625. The van der Waals surface area contributed by atoms with Crippen LogP contribution in [0.4, 0.5) is 10.8 Å². The summed E-state index contributed by atoms with van der Waals surface area (Å²) in [5.41, 5.74) is 3.08. The van der Waals surface area contributed by atoms with Crippen LogP contribution in [0.5, 0.6) is 5.75 Å². The van der Waals surface area contributed by atoms with Crippen LogP contribution < -0.4 is 10.1 Å². The van der Waals surface area contributed by atoms with Gasteiger partial charge in [0.15, 0.2) is 5.13 Å². The molecule has 0 saturated carbocycles. The Morgan fingerprint density at radius 1 is 1.05 bits per heavy atom. The van der Waals surface area contributed by atoms with Crippen LogP contribution in [0.2, 0.25) is 0 Å². The van der Waals surface area contributed by atoms with E-state index >= 15 is 0 Å². The van der Waals surface area contributed by atoms with E-state index in [-0.39, 0.29) is 17.0 Å². The molecule has 1 N–H and O–H groups in total. The number of nitrogens with zero attached hydrogens (tertiary/aromatic N) is 1. The summed E-state index contributed by atoms with van der Waals surface area (Å²) in [5.74, 6) is 0.829. The number of nitrogens with one attached hydrogen (secondary N) is 1. The number of thiazole rings is 1. The van der Waals surface area contributed by atoms with Crippen molar-refractivity contribution in [3.05, 3.63) is 60.0 Å². The first-order chi connectivity index (χ1) is 9.85. The molecule has 0 unspecified atom stereocenters. The molecular weight excluding hydrogens is 348 g/mol. The van der Waals surface area contributed by atoms with E-state index in [2.05, 4.69) is 27.8 Å². The molecular formula is C16H15BrN2OS. The van der Waals surface area contributed by atoms with Crippen molar-refractivity contribution < 1.29 is 4.74 Å². The molecule has 0 aliphatic carbocycles. The van der Waals surface area contributed by atoms with Gasteiger partial charge in [0.25, 0.3) is 0 Å². The van der Waals surface area contributed by atoms with Crippen molar-refractivity contribution in [1.82, 2.24) is 4.98 Å². The van der Waals surface area contributed by atoms with Crippen molar-refractivity contribution in [1.29, 1.82) is 0 Å². The molecule has 0 atom stereocenters. The van der Waals surface area contributed by atoms with E-state index in [0.717, 1.165) is 27.8 Å². The van der Waals surface area contributed by atoms with Gasteiger partial charge in [-0.05, 0) is 12.1 Å². The zero-order valence-electron chi connectivity index (χ0n) is 11.4. The van der Waals surface area contributed by atoms with Gasteiger partial charge in [-0.2, -0.15) is 0 Å². The third-order valence-electron chi connectivity index (χ3n) is 2.89. The van der Waals surface area contributed by atoms with Gasteiger partial charge in [0, 0.05) is 22.7 Å². The summed E-state index contributed by atoms with van der Waals surface area (Å²) in [6.07, 6.45) is 0. The Hall–Kier alpha value is -1.85. The van der Waals surface area contributed by atoms with Crippen LogP contribution in [-0.4, -0.2) is 12.1 Å². The molecule has 21 heavy (non-hydrogen) atoms. The van der Waals surface area contributed by atoms with Crippen LogP contribution in [0.1, 0.15) is 0 Å². The van der Waals surface area contributed by atoms with Crippen LogP contribution in [0.25, 0.3) is 11.3 Å². The van der Waals surface area contributed by atoms with Crippen molar-refractivity contribution >= 4 is 39.1 Å². The van der Waals surface area contributed by atoms with Gasteiger partial charge < -0.3 is 10.1 Å². The maximum atomic E-state index is 5.21. The van der Waals surface area contributed by atoms with Crippen LogP contribution in [0, 0.1) is 0 Å². The number of aromatic nitrogens is 1. The second-order valence-corrected chi connectivity index (χ2v) is 5.12. The summed E-state index contributed by atoms with van der Waals surface area (Å²) in [5, 5.41) is 6.22. The highest BCUT2D eigenvalue weighted by Crippen LogP contribution is 2.28. The molecule has 1 aromatic heterocycles. The first-order valence-electron chi connectivity index (χ1n) is 6.27. The molecule has 2 aromatic carbocycles. The van der Waals surface area contributed by atoms with Gasteiger partial charge in [0.2, 0.25) is 0 Å². The Morgan fingerprint density at radius 3 is 2.62 bits per heavy atom. The fourth-order valence-electron chi connectivity index (χ4n) is 1.90. The first-order valence-corrected chi connectivity index (χ1v) is 7.15. The van der Waals surface area contributed by atoms with Gasteiger partial charge in [-0.25, -0.2) is 4.98 Å². The predicted molar refractivity (Wildman–Crippen MR) is 94.1 cm³/mol. The molecule has 0 aliphatic heterocycles. The minimum absolute atomic E-state index is 0. The van der Waals surface area contributed by atoms with E-state index in [1.54, 1.807) is 18.4 Å². The van der Waals surface area contributed by atoms with E-state index in [1.165, 1.54) is 0 Å². The average Bonchev–Trinajstić information content (AvgIpc) is 2.97. The minimum Gasteiger partial charge on any atom is -0.497 e. The first kappa shape index (κ1) is 15.5. The molecule has 0 spiro atoms. The summed E-state index contributed by atoms with van der Waals surface area (Å²) < 4.78 is 5.21. The van der Waals surface area contributed by atoms with Crippen molar-refractivity contribution in [2.75, 3.05) is 12.4 Å². The summed E-state index contributed by atoms with van der Waals surface area (Å²) in [4.78, 5) is 4.60. The summed E-state index contributed by atoms with van der Waals surface area (Å²) in [7, 11) is 1.66. The highest BCUT2D eigenvalue weighted by Gasteiger charge is 2.04. The minimum atomic E-state index is 0. The predicted octanol–water partition coefficient (Wildman–Crippen LogP) is 5.14. The van der Waals surface area contributed by atoms with E-state index in [9.17, 15) is 0 Å². The molecule has 0 saturated heterocycles. The average molecular weight is 363 g/mol. The fourth-order valence-corrected chi connectivity index (χ4v) is 2.64. The Kier molecular flexibility index (Phi) is 5.36. The third kappa shape index (κ3) is 3.83. The van der Waals surface area contributed by atoms with E-state index in [0.29, 0.717) is 0 Å². The van der Waals surface area contributed by atoms with Crippen LogP contribution >= 0.6 is 28.3 Å². The number of methoxy groups -OCH3 is 1. The van der Waals surface area contributed by atoms with Crippen LogP contribution in [0.15, 0.2) is 60.0 Å². The van der Waals surface area contributed by atoms with Crippen molar-refractivity contribution in [2.24, 2.45) is 0 Å². The lowest BCUT2D eigenvalue weighted by molar-refractivity contribution is 0.415. The Balaban J connectivity index is 0.00000161. The lowest BCUT2D eigenvalue weighted by Crippen LogP contribution is -1.90. The Labute approximate surface area is 138 Å².